The normalized spacial score (nSPS) is 21.6. The Bertz CT molecular complexity index is 493. The van der Waals surface area contributed by atoms with Crippen LogP contribution in [0, 0.1) is 6.92 Å². The van der Waals surface area contributed by atoms with Crippen molar-refractivity contribution in [3.05, 3.63) is 11.4 Å². The molecular weight excluding hydrogens is 252 g/mol. The van der Waals surface area contributed by atoms with Gasteiger partial charge in [-0.3, -0.25) is 0 Å². The second kappa shape index (κ2) is 5.20. The number of hydrogen-bond donors (Lipinski definition) is 2. The number of rotatable bonds is 4. The molecule has 1 saturated carbocycles. The molecule has 0 radical (unpaired) electrons. The highest BCUT2D eigenvalue weighted by molar-refractivity contribution is 5.58. The first-order valence-corrected chi connectivity index (χ1v) is 7.53. The topological polar surface area (TPSA) is 59.1 Å². The molecule has 0 spiro atoms. The highest BCUT2D eigenvalue weighted by Crippen LogP contribution is 2.40. The van der Waals surface area contributed by atoms with E-state index in [4.69, 9.17) is 9.72 Å². The van der Waals surface area contributed by atoms with Gasteiger partial charge in [-0.2, -0.15) is 0 Å². The van der Waals surface area contributed by atoms with Crippen molar-refractivity contribution < 1.29 is 4.74 Å². The summed E-state index contributed by atoms with van der Waals surface area (Å²) in [5, 5.41) is 6.84. The van der Waals surface area contributed by atoms with Crippen LogP contribution in [0.1, 0.15) is 49.9 Å². The standard InChI is InChI=1S/C15H24N4O/c1-10-12(16-3)17-14(11-4-5-11)18-13(10)19-15(2)6-8-20-9-7-15/h11H,4-9H2,1-3H3,(H2,16,17,18,19). The first-order valence-electron chi connectivity index (χ1n) is 7.53. The first-order chi connectivity index (χ1) is 9.61. The molecule has 2 heterocycles. The molecule has 3 rings (SSSR count). The van der Waals surface area contributed by atoms with E-state index in [2.05, 4.69) is 29.5 Å². The zero-order valence-electron chi connectivity index (χ0n) is 12.6. The number of anilines is 2. The van der Waals surface area contributed by atoms with Crippen LogP contribution in [0.25, 0.3) is 0 Å². The van der Waals surface area contributed by atoms with Crippen LogP contribution in [-0.2, 0) is 4.74 Å². The molecule has 0 amide bonds. The molecule has 1 aromatic rings. The Balaban J connectivity index is 1.88. The van der Waals surface area contributed by atoms with E-state index in [-0.39, 0.29) is 5.54 Å². The van der Waals surface area contributed by atoms with Crippen LogP contribution in [0.4, 0.5) is 11.6 Å². The largest absolute Gasteiger partial charge is 0.381 e. The molecule has 2 aliphatic rings. The lowest BCUT2D eigenvalue weighted by Crippen LogP contribution is -2.41. The van der Waals surface area contributed by atoms with E-state index in [0.29, 0.717) is 5.92 Å². The van der Waals surface area contributed by atoms with E-state index >= 15 is 0 Å². The molecule has 0 unspecified atom stereocenters. The van der Waals surface area contributed by atoms with E-state index < -0.39 is 0 Å². The number of aromatic nitrogens is 2. The van der Waals surface area contributed by atoms with Crippen LogP contribution in [0.3, 0.4) is 0 Å². The Morgan fingerprint density at radius 2 is 1.80 bits per heavy atom. The molecule has 1 aliphatic heterocycles. The lowest BCUT2D eigenvalue weighted by Gasteiger charge is -2.35. The van der Waals surface area contributed by atoms with Gasteiger partial charge in [-0.05, 0) is 39.5 Å². The van der Waals surface area contributed by atoms with Gasteiger partial charge in [0, 0.05) is 37.3 Å². The van der Waals surface area contributed by atoms with Crippen molar-refractivity contribution in [2.75, 3.05) is 30.9 Å². The Kier molecular flexibility index (Phi) is 3.54. The summed E-state index contributed by atoms with van der Waals surface area (Å²) in [7, 11) is 1.92. The van der Waals surface area contributed by atoms with Gasteiger partial charge in [0.2, 0.25) is 0 Å². The van der Waals surface area contributed by atoms with Crippen LogP contribution >= 0.6 is 0 Å². The van der Waals surface area contributed by atoms with Crippen LogP contribution in [-0.4, -0.2) is 35.8 Å². The van der Waals surface area contributed by atoms with Crippen molar-refractivity contribution in [3.8, 4) is 0 Å². The summed E-state index contributed by atoms with van der Waals surface area (Å²) >= 11 is 0. The van der Waals surface area contributed by atoms with E-state index in [1.165, 1.54) is 12.8 Å². The van der Waals surface area contributed by atoms with Crippen LogP contribution in [0.15, 0.2) is 0 Å². The van der Waals surface area contributed by atoms with Crippen molar-refractivity contribution >= 4 is 11.6 Å². The number of ether oxygens (including phenoxy) is 1. The Morgan fingerprint density at radius 1 is 1.15 bits per heavy atom. The highest BCUT2D eigenvalue weighted by Gasteiger charge is 2.31. The van der Waals surface area contributed by atoms with Gasteiger partial charge in [0.1, 0.15) is 17.5 Å². The lowest BCUT2D eigenvalue weighted by molar-refractivity contribution is 0.0657. The molecule has 20 heavy (non-hydrogen) atoms. The summed E-state index contributed by atoms with van der Waals surface area (Å²) in [4.78, 5) is 9.42. The minimum absolute atomic E-state index is 0.0726. The average Bonchev–Trinajstić information content (AvgIpc) is 3.26. The average molecular weight is 276 g/mol. The SMILES string of the molecule is CNc1nc(C2CC2)nc(NC2(C)CCOCC2)c1C. The molecule has 0 aromatic carbocycles. The van der Waals surface area contributed by atoms with Gasteiger partial charge in [-0.15, -0.1) is 0 Å². The number of nitrogens with one attached hydrogen (secondary N) is 2. The Morgan fingerprint density at radius 3 is 2.40 bits per heavy atom. The Labute approximate surface area is 120 Å². The quantitative estimate of drug-likeness (QED) is 0.885. The highest BCUT2D eigenvalue weighted by atomic mass is 16.5. The number of nitrogens with zero attached hydrogens (tertiary/aromatic N) is 2. The summed E-state index contributed by atoms with van der Waals surface area (Å²) in [5.74, 6) is 3.47. The number of hydrogen-bond acceptors (Lipinski definition) is 5. The van der Waals surface area contributed by atoms with Gasteiger partial charge < -0.3 is 15.4 Å². The maximum absolute atomic E-state index is 5.46. The summed E-state index contributed by atoms with van der Waals surface area (Å²) in [6, 6.07) is 0. The molecule has 0 atom stereocenters. The van der Waals surface area contributed by atoms with Gasteiger partial charge in [0.05, 0.1) is 0 Å². The van der Waals surface area contributed by atoms with Crippen molar-refractivity contribution in [1.29, 1.82) is 0 Å². The molecule has 0 bridgehead atoms. The van der Waals surface area contributed by atoms with E-state index in [1.54, 1.807) is 0 Å². The van der Waals surface area contributed by atoms with Crippen molar-refractivity contribution in [1.82, 2.24) is 9.97 Å². The van der Waals surface area contributed by atoms with E-state index in [1.807, 2.05) is 7.05 Å². The van der Waals surface area contributed by atoms with Crippen LogP contribution < -0.4 is 10.6 Å². The van der Waals surface area contributed by atoms with Crippen molar-refractivity contribution in [2.24, 2.45) is 0 Å². The summed E-state index contributed by atoms with van der Waals surface area (Å²) in [6.45, 7) is 5.98. The molecular formula is C15H24N4O. The van der Waals surface area contributed by atoms with Gasteiger partial charge in [0.15, 0.2) is 0 Å². The van der Waals surface area contributed by atoms with E-state index in [0.717, 1.165) is 49.1 Å². The molecule has 1 aromatic heterocycles. The van der Waals surface area contributed by atoms with Crippen LogP contribution in [0.2, 0.25) is 0 Å². The molecule has 2 fully saturated rings. The fourth-order valence-electron chi connectivity index (χ4n) is 2.66. The van der Waals surface area contributed by atoms with Gasteiger partial charge in [-0.25, -0.2) is 9.97 Å². The molecule has 2 N–H and O–H groups in total. The monoisotopic (exact) mass is 276 g/mol. The van der Waals surface area contributed by atoms with Crippen LogP contribution in [0.5, 0.6) is 0 Å². The predicted octanol–water partition coefficient (Wildman–Crippen LogP) is 2.69. The maximum atomic E-state index is 5.46. The zero-order chi connectivity index (χ0) is 14.2. The second-order valence-corrected chi connectivity index (χ2v) is 6.23. The van der Waals surface area contributed by atoms with Crippen molar-refractivity contribution in [3.63, 3.8) is 0 Å². The smallest absolute Gasteiger partial charge is 0.136 e. The lowest BCUT2D eigenvalue weighted by atomic mass is 9.92. The van der Waals surface area contributed by atoms with Gasteiger partial charge in [-0.1, -0.05) is 0 Å². The molecule has 5 heteroatoms. The third kappa shape index (κ3) is 2.73. The summed E-state index contributed by atoms with van der Waals surface area (Å²) < 4.78 is 5.46. The fourth-order valence-corrected chi connectivity index (χ4v) is 2.66. The van der Waals surface area contributed by atoms with Gasteiger partial charge >= 0.3 is 0 Å². The maximum Gasteiger partial charge on any atom is 0.136 e. The predicted molar refractivity (Wildman–Crippen MR) is 80.4 cm³/mol. The molecule has 5 nitrogen and oxygen atoms in total. The summed E-state index contributed by atoms with van der Waals surface area (Å²) in [5.41, 5.74) is 1.17. The third-order valence-corrected chi connectivity index (χ3v) is 4.36. The Hall–Kier alpha value is -1.36. The van der Waals surface area contributed by atoms with Crippen molar-refractivity contribution in [2.45, 2.75) is 51.0 Å². The summed E-state index contributed by atoms with van der Waals surface area (Å²) in [6.07, 6.45) is 4.47. The minimum atomic E-state index is 0.0726. The third-order valence-electron chi connectivity index (χ3n) is 4.36. The van der Waals surface area contributed by atoms with E-state index in [9.17, 15) is 0 Å². The minimum Gasteiger partial charge on any atom is -0.381 e. The second-order valence-electron chi connectivity index (χ2n) is 6.23. The zero-order valence-corrected chi connectivity index (χ0v) is 12.6. The molecule has 1 saturated heterocycles. The molecule has 1 aliphatic carbocycles. The fraction of sp³-hybridized carbons (Fsp3) is 0.733. The molecule has 110 valence electrons. The van der Waals surface area contributed by atoms with Gasteiger partial charge in [0.25, 0.3) is 0 Å². The first kappa shape index (κ1) is 13.6.